The topological polar surface area (TPSA) is 41.6 Å². The van der Waals surface area contributed by atoms with Crippen molar-refractivity contribution in [2.24, 2.45) is 10.7 Å². The van der Waals surface area contributed by atoms with E-state index in [1.165, 1.54) is 14.0 Å². The highest BCUT2D eigenvalue weighted by Gasteiger charge is 2.38. The van der Waals surface area contributed by atoms with E-state index in [2.05, 4.69) is 4.99 Å². The van der Waals surface area contributed by atoms with Crippen molar-refractivity contribution in [3.05, 3.63) is 0 Å². The second kappa shape index (κ2) is 3.75. The van der Waals surface area contributed by atoms with E-state index < -0.39 is 18.2 Å². The highest BCUT2D eigenvalue weighted by Crippen LogP contribution is 2.19. The van der Waals surface area contributed by atoms with Gasteiger partial charge in [0.05, 0.1) is 6.17 Å². The Balaban J connectivity index is 4.60. The first-order valence-corrected chi connectivity index (χ1v) is 3.33. The Morgan fingerprint density at radius 1 is 1.50 bits per heavy atom. The maximum atomic E-state index is 12.1. The molecule has 0 aliphatic carbocycles. The molecule has 12 heavy (non-hydrogen) atoms. The molecule has 72 valence electrons. The van der Waals surface area contributed by atoms with E-state index in [4.69, 9.17) is 5.73 Å². The third kappa shape index (κ3) is 2.69. The van der Waals surface area contributed by atoms with Gasteiger partial charge in [-0.2, -0.15) is 13.2 Å². The normalized spacial score (nSPS) is 16.1. The minimum atomic E-state index is -4.43. The Bertz CT molecular complexity index is 173. The minimum absolute atomic E-state index is 0.703. The van der Waals surface area contributed by atoms with Crippen LogP contribution >= 0.6 is 0 Å². The van der Waals surface area contributed by atoms with Crippen LogP contribution in [0.3, 0.4) is 0 Å². The Morgan fingerprint density at radius 2 is 1.92 bits per heavy atom. The summed E-state index contributed by atoms with van der Waals surface area (Å²) in [5.74, 6) is -0.961. The summed E-state index contributed by atoms with van der Waals surface area (Å²) in [6, 6.07) is 0. The third-order valence-electron chi connectivity index (χ3n) is 1.41. The molecular formula is C6H12F3N3. The quantitative estimate of drug-likeness (QED) is 0.371. The summed E-state index contributed by atoms with van der Waals surface area (Å²) < 4.78 is 36.3. The van der Waals surface area contributed by atoms with E-state index in [1.807, 2.05) is 0 Å². The van der Waals surface area contributed by atoms with Crippen LogP contribution in [0.25, 0.3) is 0 Å². The zero-order valence-corrected chi connectivity index (χ0v) is 7.18. The van der Waals surface area contributed by atoms with Gasteiger partial charge in [-0.15, -0.1) is 0 Å². The second-order valence-corrected chi connectivity index (χ2v) is 2.40. The van der Waals surface area contributed by atoms with Gasteiger partial charge in [-0.3, -0.25) is 4.99 Å². The number of amidine groups is 1. The molecule has 0 aromatic heterocycles. The maximum absolute atomic E-state index is 12.1. The standard InChI is InChI=1S/C6H12F3N3/c1-4(10)12(3)5(11-2)6(7,8)9/h4H,10H2,1-3H3. The first-order chi connectivity index (χ1) is 5.30. The summed E-state index contributed by atoms with van der Waals surface area (Å²) >= 11 is 0. The van der Waals surface area contributed by atoms with Crippen LogP contribution in [0.2, 0.25) is 0 Å². The van der Waals surface area contributed by atoms with Crippen molar-refractivity contribution in [2.45, 2.75) is 19.3 Å². The number of nitrogens with zero attached hydrogens (tertiary/aromatic N) is 2. The van der Waals surface area contributed by atoms with Gasteiger partial charge in [-0.05, 0) is 6.92 Å². The van der Waals surface area contributed by atoms with E-state index in [9.17, 15) is 13.2 Å². The van der Waals surface area contributed by atoms with Crippen LogP contribution in [0.15, 0.2) is 4.99 Å². The van der Waals surface area contributed by atoms with Crippen molar-refractivity contribution < 1.29 is 13.2 Å². The molecule has 0 spiro atoms. The molecule has 0 amide bonds. The number of aliphatic imine (C=N–C) groups is 1. The smallest absolute Gasteiger partial charge is 0.341 e. The van der Waals surface area contributed by atoms with E-state index in [0.717, 1.165) is 11.9 Å². The van der Waals surface area contributed by atoms with Crippen molar-refractivity contribution >= 4 is 5.84 Å². The van der Waals surface area contributed by atoms with Gasteiger partial charge in [0, 0.05) is 14.1 Å². The largest absolute Gasteiger partial charge is 0.449 e. The lowest BCUT2D eigenvalue weighted by atomic mass is 10.4. The van der Waals surface area contributed by atoms with Crippen molar-refractivity contribution in [3.8, 4) is 0 Å². The summed E-state index contributed by atoms with van der Waals surface area (Å²) in [7, 11) is 2.34. The number of hydrogen-bond donors (Lipinski definition) is 1. The van der Waals surface area contributed by atoms with Crippen molar-refractivity contribution in [3.63, 3.8) is 0 Å². The molecular weight excluding hydrogens is 171 g/mol. The van der Waals surface area contributed by atoms with Gasteiger partial charge < -0.3 is 10.6 Å². The molecule has 1 atom stereocenters. The molecule has 0 aromatic carbocycles. The molecule has 0 bridgehead atoms. The van der Waals surface area contributed by atoms with Gasteiger partial charge in [-0.25, -0.2) is 0 Å². The van der Waals surface area contributed by atoms with E-state index in [0.29, 0.717) is 0 Å². The lowest BCUT2D eigenvalue weighted by molar-refractivity contribution is -0.0692. The summed E-state index contributed by atoms with van der Waals surface area (Å²) in [5.41, 5.74) is 5.25. The summed E-state index contributed by atoms with van der Waals surface area (Å²) in [4.78, 5) is 3.99. The van der Waals surface area contributed by atoms with Crippen molar-refractivity contribution in [1.82, 2.24) is 4.90 Å². The van der Waals surface area contributed by atoms with Gasteiger partial charge >= 0.3 is 6.18 Å². The molecule has 0 saturated heterocycles. The van der Waals surface area contributed by atoms with E-state index in [-0.39, 0.29) is 0 Å². The molecule has 6 heteroatoms. The minimum Gasteiger partial charge on any atom is -0.341 e. The molecule has 0 aliphatic heterocycles. The average molecular weight is 183 g/mol. The fourth-order valence-corrected chi connectivity index (χ4v) is 0.677. The number of hydrogen-bond acceptors (Lipinski definition) is 2. The van der Waals surface area contributed by atoms with Crippen LogP contribution < -0.4 is 5.73 Å². The number of halogens is 3. The van der Waals surface area contributed by atoms with Crippen LogP contribution in [0.5, 0.6) is 0 Å². The predicted octanol–water partition coefficient (Wildman–Crippen LogP) is 0.814. The van der Waals surface area contributed by atoms with Crippen molar-refractivity contribution in [2.75, 3.05) is 14.1 Å². The van der Waals surface area contributed by atoms with E-state index in [1.54, 1.807) is 0 Å². The molecule has 0 aromatic rings. The summed E-state index contributed by atoms with van der Waals surface area (Å²) in [6.45, 7) is 1.46. The first kappa shape index (κ1) is 11.2. The molecule has 0 rings (SSSR count). The fourth-order valence-electron chi connectivity index (χ4n) is 0.677. The second-order valence-electron chi connectivity index (χ2n) is 2.40. The molecule has 3 nitrogen and oxygen atoms in total. The Kier molecular flexibility index (Phi) is 3.51. The van der Waals surface area contributed by atoms with Crippen LogP contribution in [-0.2, 0) is 0 Å². The molecule has 0 aliphatic rings. The maximum Gasteiger partial charge on any atom is 0.449 e. The average Bonchev–Trinajstić information content (AvgIpc) is 1.85. The zero-order chi connectivity index (χ0) is 9.94. The predicted molar refractivity (Wildman–Crippen MR) is 40.8 cm³/mol. The van der Waals surface area contributed by atoms with Crippen LogP contribution in [0, 0.1) is 0 Å². The fraction of sp³-hybridized carbons (Fsp3) is 0.833. The lowest BCUT2D eigenvalue weighted by Gasteiger charge is -2.25. The number of nitrogens with two attached hydrogens (primary N) is 1. The molecule has 0 saturated carbocycles. The molecule has 1 unspecified atom stereocenters. The summed E-state index contributed by atoms with van der Waals surface area (Å²) in [6.07, 6.45) is -5.14. The number of rotatable bonds is 1. The van der Waals surface area contributed by atoms with Gasteiger partial charge in [0.1, 0.15) is 0 Å². The van der Waals surface area contributed by atoms with E-state index >= 15 is 0 Å². The van der Waals surface area contributed by atoms with Crippen LogP contribution in [-0.4, -0.2) is 37.2 Å². The molecule has 0 radical (unpaired) electrons. The van der Waals surface area contributed by atoms with Crippen LogP contribution in [0.4, 0.5) is 13.2 Å². The van der Waals surface area contributed by atoms with Gasteiger partial charge in [0.25, 0.3) is 0 Å². The highest BCUT2D eigenvalue weighted by molar-refractivity contribution is 5.87. The van der Waals surface area contributed by atoms with Gasteiger partial charge in [0.15, 0.2) is 0 Å². The zero-order valence-electron chi connectivity index (χ0n) is 7.18. The Labute approximate surface area is 69.1 Å². The lowest BCUT2D eigenvalue weighted by Crippen LogP contribution is -2.47. The van der Waals surface area contributed by atoms with Crippen molar-refractivity contribution in [1.29, 1.82) is 0 Å². The van der Waals surface area contributed by atoms with Gasteiger partial charge in [-0.1, -0.05) is 0 Å². The SMILES string of the molecule is CN=C(N(C)C(C)N)C(F)(F)F. The monoisotopic (exact) mass is 183 g/mol. The van der Waals surface area contributed by atoms with Gasteiger partial charge in [0.2, 0.25) is 5.84 Å². The van der Waals surface area contributed by atoms with Crippen LogP contribution in [0.1, 0.15) is 6.92 Å². The molecule has 0 fully saturated rings. The third-order valence-corrected chi connectivity index (χ3v) is 1.41. The molecule has 2 N–H and O–H groups in total. The highest BCUT2D eigenvalue weighted by atomic mass is 19.4. The summed E-state index contributed by atoms with van der Waals surface area (Å²) in [5, 5.41) is 0. The Hall–Kier alpha value is -0.780. The number of alkyl halides is 3. The Morgan fingerprint density at radius 3 is 2.00 bits per heavy atom. The first-order valence-electron chi connectivity index (χ1n) is 3.33. The molecule has 0 heterocycles.